The van der Waals surface area contributed by atoms with Crippen molar-refractivity contribution >= 4 is 47.3 Å². The fraction of sp³-hybridized carbons (Fsp3) is 0.475. The molecule has 14 nitrogen and oxygen atoms in total. The van der Waals surface area contributed by atoms with Gasteiger partial charge < -0.3 is 35.3 Å². The van der Waals surface area contributed by atoms with Crippen molar-refractivity contribution in [3.8, 4) is 5.75 Å². The first-order valence-corrected chi connectivity index (χ1v) is 18.6. The Labute approximate surface area is 322 Å². The summed E-state index contributed by atoms with van der Waals surface area (Å²) in [5.74, 6) is -4.54. The molecule has 5 aliphatic rings. The fourth-order valence-corrected chi connectivity index (χ4v) is 9.26. The highest BCUT2D eigenvalue weighted by molar-refractivity contribution is 6.33. The summed E-state index contributed by atoms with van der Waals surface area (Å²) in [6, 6.07) is 9.70. The highest BCUT2D eigenvalue weighted by Crippen LogP contribution is 2.70. The Morgan fingerprint density at radius 3 is 2.13 bits per heavy atom. The van der Waals surface area contributed by atoms with Gasteiger partial charge in [-0.3, -0.25) is 14.4 Å². The number of carbonyl (C=O) groups is 5. The molecule has 1 saturated heterocycles. The summed E-state index contributed by atoms with van der Waals surface area (Å²) in [4.78, 5) is 70.0. The molecule has 4 saturated carbocycles. The molecule has 1 aliphatic heterocycles. The number of ketones is 1. The Bertz CT molecular complexity index is 1840. The summed E-state index contributed by atoms with van der Waals surface area (Å²) in [7, 11) is 1.59. The predicted octanol–water partition coefficient (Wildman–Crippen LogP) is 5.22. The summed E-state index contributed by atoms with van der Waals surface area (Å²) in [6.45, 7) is 0.0745. The Hall–Kier alpha value is -4.60. The molecule has 2 aromatic rings. The van der Waals surface area contributed by atoms with Crippen molar-refractivity contribution in [1.82, 2.24) is 0 Å². The van der Waals surface area contributed by atoms with Gasteiger partial charge in [0.2, 0.25) is 6.10 Å². The second-order valence-electron chi connectivity index (χ2n) is 14.8. The predicted molar refractivity (Wildman–Crippen MR) is 194 cm³/mol. The van der Waals surface area contributed by atoms with Crippen LogP contribution in [0.15, 0.2) is 54.6 Å². The number of nitrogens with two attached hydrogens (primary N) is 1. The second kappa shape index (κ2) is 16.6. The van der Waals surface area contributed by atoms with E-state index >= 15 is 0 Å². The van der Waals surface area contributed by atoms with Gasteiger partial charge in [0.15, 0.2) is 5.60 Å². The van der Waals surface area contributed by atoms with E-state index in [9.17, 15) is 29.1 Å². The topological polar surface area (TPSA) is 218 Å². The summed E-state index contributed by atoms with van der Waals surface area (Å²) in [5, 5.41) is 27.3. The zero-order valence-corrected chi connectivity index (χ0v) is 30.9. The summed E-state index contributed by atoms with van der Waals surface area (Å²) >= 11 is 7.24. The molecule has 4 aliphatic carbocycles. The lowest BCUT2D eigenvalue weighted by Gasteiger charge is -2.68. The molecule has 0 aromatic heterocycles. The van der Waals surface area contributed by atoms with Crippen LogP contribution in [-0.4, -0.2) is 69.8 Å². The van der Waals surface area contributed by atoms with Crippen LogP contribution in [0.25, 0.3) is 6.08 Å². The zero-order chi connectivity index (χ0) is 39.5. The zero-order valence-electron chi connectivity index (χ0n) is 30.2. The van der Waals surface area contributed by atoms with E-state index in [-0.39, 0.29) is 48.5 Å². The molecule has 0 amide bonds. The first-order valence-electron chi connectivity index (χ1n) is 18.2. The average Bonchev–Trinajstić information content (AvgIpc) is 3.12. The van der Waals surface area contributed by atoms with Crippen LogP contribution in [0.5, 0.6) is 5.75 Å². The molecule has 15 heteroatoms. The standard InChI is InChI=1S/C40H44ClNO13/c1-51-40(39(54-55-40)27-15-24-14-25(17-27)18-28(39)16-24)30-12-10-26(4-2-3-5-34(46)53-32(38(49)50)20-33(44)45)36(35(30)41)52-21-23-8-6-22(7-9-23)19-29(43)11-13-31(42)37(47)48/h2-10,12,24-25,27-28,31-32H,11,13-21,42H2,1H3,(H,44,45)(H,47,48)(H,49,50)/b4-2+,5-3+/t24?,25?,27?,28?,31-,32?,39?,40?/m1/s1. The molecule has 1 heterocycles. The third-order valence-electron chi connectivity index (χ3n) is 11.3. The second-order valence-corrected chi connectivity index (χ2v) is 15.2. The van der Waals surface area contributed by atoms with Gasteiger partial charge in [-0.05, 0) is 73.3 Å². The number of benzene rings is 2. The third-order valence-corrected chi connectivity index (χ3v) is 11.7. The van der Waals surface area contributed by atoms with Gasteiger partial charge in [-0.15, -0.1) is 0 Å². The molecule has 7 rings (SSSR count). The van der Waals surface area contributed by atoms with Gasteiger partial charge in [0.25, 0.3) is 5.79 Å². The van der Waals surface area contributed by atoms with Crippen LogP contribution in [0.4, 0.5) is 0 Å². The summed E-state index contributed by atoms with van der Waals surface area (Å²) in [5.41, 5.74) is 7.40. The molecule has 5 N–H and O–H groups in total. The first kappa shape index (κ1) is 40.1. The maximum Gasteiger partial charge on any atom is 0.345 e. The van der Waals surface area contributed by atoms with E-state index in [4.69, 9.17) is 51.5 Å². The van der Waals surface area contributed by atoms with Crippen LogP contribution in [0.2, 0.25) is 5.02 Å². The number of halogens is 1. The number of ether oxygens (including phenoxy) is 3. The number of hydrogen-bond acceptors (Lipinski definition) is 11. The number of allylic oxidation sites excluding steroid dienone is 2. The molecule has 4 bridgehead atoms. The smallest absolute Gasteiger partial charge is 0.345 e. The quantitative estimate of drug-likeness (QED) is 0.0660. The normalized spacial score (nSPS) is 27.5. The van der Waals surface area contributed by atoms with Crippen molar-refractivity contribution in [3.63, 3.8) is 0 Å². The first-order chi connectivity index (χ1) is 26.3. The molecule has 0 radical (unpaired) electrons. The molecule has 2 aromatic carbocycles. The molecule has 55 heavy (non-hydrogen) atoms. The highest BCUT2D eigenvalue weighted by Gasteiger charge is 2.77. The van der Waals surface area contributed by atoms with Gasteiger partial charge in [-0.2, -0.15) is 4.89 Å². The number of carboxylic acids is 3. The lowest BCUT2D eigenvalue weighted by Crippen LogP contribution is -2.76. The molecule has 3 atom stereocenters. The fourth-order valence-electron chi connectivity index (χ4n) is 8.91. The minimum atomic E-state index is -1.84. The Morgan fingerprint density at radius 2 is 1.56 bits per heavy atom. The number of methoxy groups -OCH3 is 1. The Morgan fingerprint density at radius 1 is 0.909 bits per heavy atom. The van der Waals surface area contributed by atoms with Crippen molar-refractivity contribution in [2.75, 3.05) is 7.11 Å². The van der Waals surface area contributed by atoms with Crippen LogP contribution in [0.3, 0.4) is 0 Å². The van der Waals surface area contributed by atoms with Gasteiger partial charge in [0.1, 0.15) is 24.2 Å². The minimum absolute atomic E-state index is 0.0507. The minimum Gasteiger partial charge on any atom is -0.487 e. The van der Waals surface area contributed by atoms with Crippen LogP contribution in [0, 0.1) is 23.7 Å². The van der Waals surface area contributed by atoms with Gasteiger partial charge in [0, 0.05) is 37.2 Å². The lowest BCUT2D eigenvalue weighted by atomic mass is 9.47. The van der Waals surface area contributed by atoms with Gasteiger partial charge >= 0.3 is 23.9 Å². The number of esters is 1. The third kappa shape index (κ3) is 8.19. The largest absolute Gasteiger partial charge is 0.487 e. The Balaban J connectivity index is 1.23. The van der Waals surface area contributed by atoms with Crippen molar-refractivity contribution in [2.24, 2.45) is 29.4 Å². The van der Waals surface area contributed by atoms with E-state index in [2.05, 4.69) is 0 Å². The summed E-state index contributed by atoms with van der Waals surface area (Å²) in [6.07, 6.45) is 8.26. The van der Waals surface area contributed by atoms with Gasteiger partial charge in [0.05, 0.1) is 11.4 Å². The summed E-state index contributed by atoms with van der Waals surface area (Å²) < 4.78 is 17.4. The molecule has 1 spiro atoms. The van der Waals surface area contributed by atoms with Crippen molar-refractivity contribution in [2.45, 2.75) is 87.9 Å². The van der Waals surface area contributed by atoms with Crippen LogP contribution < -0.4 is 10.5 Å². The molecule has 5 fully saturated rings. The highest BCUT2D eigenvalue weighted by atomic mass is 35.5. The molecular weight excluding hydrogens is 738 g/mol. The number of rotatable bonds is 18. The van der Waals surface area contributed by atoms with Crippen LogP contribution in [-0.2, 0) is 62.0 Å². The van der Waals surface area contributed by atoms with Crippen LogP contribution >= 0.6 is 11.6 Å². The van der Waals surface area contributed by atoms with Gasteiger partial charge in [-0.1, -0.05) is 66.2 Å². The van der Waals surface area contributed by atoms with Crippen molar-refractivity contribution in [3.05, 3.63) is 81.9 Å². The molecular formula is C40H44ClNO13. The van der Waals surface area contributed by atoms with E-state index in [0.717, 1.165) is 42.9 Å². The van der Waals surface area contributed by atoms with Crippen molar-refractivity contribution < 1.29 is 63.3 Å². The van der Waals surface area contributed by atoms with Crippen molar-refractivity contribution in [1.29, 1.82) is 0 Å². The van der Waals surface area contributed by atoms with E-state index in [1.54, 1.807) is 31.4 Å². The van der Waals surface area contributed by atoms with E-state index in [0.29, 0.717) is 28.7 Å². The number of hydrogen-bond donors (Lipinski definition) is 4. The maximum atomic E-state index is 12.4. The maximum absolute atomic E-state index is 12.4. The van der Waals surface area contributed by atoms with E-state index in [1.165, 1.54) is 18.6 Å². The molecule has 2 unspecified atom stereocenters. The lowest BCUT2D eigenvalue weighted by molar-refractivity contribution is -0.645. The van der Waals surface area contributed by atoms with E-state index in [1.807, 2.05) is 18.2 Å². The van der Waals surface area contributed by atoms with Gasteiger partial charge in [-0.25, -0.2) is 14.5 Å². The average molecular weight is 782 g/mol. The number of carbonyl (C=O) groups excluding carboxylic acids is 2. The number of carboxylic acid groups (broad SMARTS) is 3. The number of Topliss-reactive ketones (excluding diaryl/α,β-unsaturated/α-hetero) is 1. The molecule has 294 valence electrons. The van der Waals surface area contributed by atoms with Crippen LogP contribution in [0.1, 0.15) is 73.6 Å². The number of aliphatic carboxylic acids is 3. The monoisotopic (exact) mass is 781 g/mol. The van der Waals surface area contributed by atoms with E-state index < -0.39 is 53.8 Å². The Kier molecular flexibility index (Phi) is 12.1. The SMILES string of the molecule is COC1(c2ccc(/C=C/C=C/C(=O)OC(CC(=O)O)C(=O)O)c(OCc3ccc(CC(=O)CC[C@@H](N)C(=O)O)cc3)c2Cl)OOC12C1CC3CC(C1)CC2C3.